The second kappa shape index (κ2) is 7.61. The van der Waals surface area contributed by atoms with Gasteiger partial charge in [0, 0.05) is 43.4 Å². The SMILES string of the molecule is Cc1ccc(-c2nc(CCNC(=O)/C=C/c3cnn(C)c3)co2)cc1. The van der Waals surface area contributed by atoms with Gasteiger partial charge in [0.25, 0.3) is 0 Å². The Morgan fingerprint density at radius 2 is 2.12 bits per heavy atom. The van der Waals surface area contributed by atoms with Crippen molar-refractivity contribution in [3.63, 3.8) is 0 Å². The first-order valence-electron chi connectivity index (χ1n) is 8.06. The molecule has 3 aromatic rings. The molecule has 0 atom stereocenters. The zero-order valence-electron chi connectivity index (χ0n) is 14.3. The number of nitrogens with zero attached hydrogens (tertiary/aromatic N) is 3. The van der Waals surface area contributed by atoms with Crippen LogP contribution in [-0.4, -0.2) is 27.2 Å². The molecule has 1 N–H and O–H groups in total. The summed E-state index contributed by atoms with van der Waals surface area (Å²) in [5.74, 6) is 0.448. The first kappa shape index (κ1) is 16.7. The molecule has 6 heteroatoms. The number of aromatic nitrogens is 3. The maximum absolute atomic E-state index is 11.8. The van der Waals surface area contributed by atoms with Crippen LogP contribution in [0.15, 0.2) is 53.4 Å². The second-order valence-electron chi connectivity index (χ2n) is 5.83. The Balaban J connectivity index is 1.48. The monoisotopic (exact) mass is 336 g/mol. The van der Waals surface area contributed by atoms with Crippen LogP contribution in [0.25, 0.3) is 17.5 Å². The van der Waals surface area contributed by atoms with Crippen LogP contribution in [0.2, 0.25) is 0 Å². The highest BCUT2D eigenvalue weighted by Gasteiger charge is 2.06. The average Bonchev–Trinajstić information content (AvgIpc) is 3.23. The number of rotatable bonds is 6. The number of carbonyl (C=O) groups is 1. The Hall–Kier alpha value is -3.15. The van der Waals surface area contributed by atoms with E-state index < -0.39 is 0 Å². The second-order valence-corrected chi connectivity index (χ2v) is 5.83. The molecule has 0 saturated carbocycles. The third-order valence-electron chi connectivity index (χ3n) is 3.68. The highest BCUT2D eigenvalue weighted by molar-refractivity contribution is 5.91. The molecule has 1 aromatic carbocycles. The maximum atomic E-state index is 11.8. The van der Waals surface area contributed by atoms with Gasteiger partial charge in [-0.1, -0.05) is 17.7 Å². The average molecular weight is 336 g/mol. The predicted molar refractivity (Wildman–Crippen MR) is 95.6 cm³/mol. The van der Waals surface area contributed by atoms with Crippen molar-refractivity contribution in [3.8, 4) is 11.5 Å². The molecule has 3 rings (SSSR count). The molecule has 0 fully saturated rings. The van der Waals surface area contributed by atoms with Crippen LogP contribution in [0.5, 0.6) is 0 Å². The van der Waals surface area contributed by atoms with E-state index in [0.717, 1.165) is 16.8 Å². The molecule has 0 unspecified atom stereocenters. The van der Waals surface area contributed by atoms with Crippen LogP contribution in [-0.2, 0) is 18.3 Å². The minimum Gasteiger partial charge on any atom is -0.444 e. The summed E-state index contributed by atoms with van der Waals surface area (Å²) in [6.07, 6.45) is 9.01. The molecule has 0 saturated heterocycles. The summed E-state index contributed by atoms with van der Waals surface area (Å²) in [6.45, 7) is 2.53. The van der Waals surface area contributed by atoms with E-state index in [1.807, 2.05) is 44.4 Å². The van der Waals surface area contributed by atoms with Crippen LogP contribution in [0, 0.1) is 6.92 Å². The number of amides is 1. The molecular formula is C19H20N4O2. The quantitative estimate of drug-likeness (QED) is 0.703. The molecule has 0 radical (unpaired) electrons. The van der Waals surface area contributed by atoms with Gasteiger partial charge in [0.05, 0.1) is 11.9 Å². The van der Waals surface area contributed by atoms with Crippen molar-refractivity contribution in [2.45, 2.75) is 13.3 Å². The van der Waals surface area contributed by atoms with E-state index in [-0.39, 0.29) is 5.91 Å². The number of benzene rings is 1. The summed E-state index contributed by atoms with van der Waals surface area (Å²) in [6, 6.07) is 8.01. The van der Waals surface area contributed by atoms with Crippen LogP contribution >= 0.6 is 0 Å². The lowest BCUT2D eigenvalue weighted by Crippen LogP contribution is -2.23. The lowest BCUT2D eigenvalue weighted by molar-refractivity contribution is -0.116. The van der Waals surface area contributed by atoms with Crippen molar-refractivity contribution >= 4 is 12.0 Å². The van der Waals surface area contributed by atoms with E-state index in [0.29, 0.717) is 18.9 Å². The van der Waals surface area contributed by atoms with Gasteiger partial charge in [-0.15, -0.1) is 0 Å². The Labute approximate surface area is 146 Å². The molecule has 25 heavy (non-hydrogen) atoms. The highest BCUT2D eigenvalue weighted by Crippen LogP contribution is 2.19. The van der Waals surface area contributed by atoms with Crippen molar-refractivity contribution in [2.75, 3.05) is 6.54 Å². The van der Waals surface area contributed by atoms with Crippen molar-refractivity contribution in [2.24, 2.45) is 7.05 Å². The van der Waals surface area contributed by atoms with Crippen LogP contribution < -0.4 is 5.32 Å². The van der Waals surface area contributed by atoms with Crippen LogP contribution in [0.3, 0.4) is 0 Å². The van der Waals surface area contributed by atoms with Gasteiger partial charge in [-0.2, -0.15) is 5.10 Å². The Morgan fingerprint density at radius 3 is 2.84 bits per heavy atom. The van der Waals surface area contributed by atoms with Gasteiger partial charge in [0.2, 0.25) is 11.8 Å². The number of aryl methyl sites for hydroxylation is 2. The standard InChI is InChI=1S/C19H20N4O2/c1-14-3-6-16(7-4-14)19-22-17(13-25-19)9-10-20-18(24)8-5-15-11-21-23(2)12-15/h3-8,11-13H,9-10H2,1-2H3,(H,20,24)/b8-5+. The number of carbonyl (C=O) groups excluding carboxylic acids is 1. The van der Waals surface area contributed by atoms with E-state index in [1.54, 1.807) is 23.2 Å². The van der Waals surface area contributed by atoms with Crippen LogP contribution in [0.4, 0.5) is 0 Å². The molecule has 2 heterocycles. The topological polar surface area (TPSA) is 73.0 Å². The van der Waals surface area contributed by atoms with Crippen LogP contribution in [0.1, 0.15) is 16.8 Å². The Kier molecular flexibility index (Phi) is 5.09. The summed E-state index contributed by atoms with van der Waals surface area (Å²) in [4.78, 5) is 16.3. The van der Waals surface area contributed by atoms with Crippen molar-refractivity contribution < 1.29 is 9.21 Å². The fraction of sp³-hybridized carbons (Fsp3) is 0.211. The molecule has 0 aliphatic heterocycles. The van der Waals surface area contributed by atoms with Crippen molar-refractivity contribution in [1.29, 1.82) is 0 Å². The summed E-state index contributed by atoms with van der Waals surface area (Å²) in [7, 11) is 1.83. The van der Waals surface area contributed by atoms with E-state index in [1.165, 1.54) is 11.6 Å². The first-order chi connectivity index (χ1) is 12.1. The van der Waals surface area contributed by atoms with Gasteiger partial charge in [-0.25, -0.2) is 4.98 Å². The smallest absolute Gasteiger partial charge is 0.244 e. The minimum atomic E-state index is -0.147. The van der Waals surface area contributed by atoms with E-state index in [9.17, 15) is 4.79 Å². The van der Waals surface area contributed by atoms with Gasteiger partial charge < -0.3 is 9.73 Å². The third kappa shape index (κ3) is 4.67. The molecule has 128 valence electrons. The highest BCUT2D eigenvalue weighted by atomic mass is 16.3. The number of hydrogen-bond acceptors (Lipinski definition) is 4. The largest absolute Gasteiger partial charge is 0.444 e. The Bertz CT molecular complexity index is 875. The molecule has 0 aliphatic rings. The summed E-state index contributed by atoms with van der Waals surface area (Å²) in [5, 5.41) is 6.87. The first-order valence-corrected chi connectivity index (χ1v) is 8.06. The lowest BCUT2D eigenvalue weighted by Gasteiger charge is -1.99. The van der Waals surface area contributed by atoms with E-state index in [4.69, 9.17) is 4.42 Å². The zero-order chi connectivity index (χ0) is 17.6. The molecule has 1 amide bonds. The third-order valence-corrected chi connectivity index (χ3v) is 3.68. The predicted octanol–water partition coefficient (Wildman–Crippen LogP) is 2.76. The zero-order valence-corrected chi connectivity index (χ0v) is 14.3. The summed E-state index contributed by atoms with van der Waals surface area (Å²) in [5.41, 5.74) is 3.84. The van der Waals surface area contributed by atoms with E-state index in [2.05, 4.69) is 15.4 Å². The molecular weight excluding hydrogens is 316 g/mol. The summed E-state index contributed by atoms with van der Waals surface area (Å²) < 4.78 is 7.20. The maximum Gasteiger partial charge on any atom is 0.244 e. The molecule has 0 bridgehead atoms. The van der Waals surface area contributed by atoms with Crippen molar-refractivity contribution in [3.05, 3.63) is 65.8 Å². The minimum absolute atomic E-state index is 0.147. The van der Waals surface area contributed by atoms with Gasteiger partial charge in [0.1, 0.15) is 6.26 Å². The fourth-order valence-corrected chi connectivity index (χ4v) is 2.32. The summed E-state index contributed by atoms with van der Waals surface area (Å²) >= 11 is 0. The molecule has 0 spiro atoms. The number of nitrogens with one attached hydrogen (secondary N) is 1. The molecule has 6 nitrogen and oxygen atoms in total. The van der Waals surface area contributed by atoms with Gasteiger partial charge in [0.15, 0.2) is 0 Å². The normalized spacial score (nSPS) is 11.1. The number of oxazole rings is 1. The van der Waals surface area contributed by atoms with Crippen molar-refractivity contribution in [1.82, 2.24) is 20.1 Å². The Morgan fingerprint density at radius 1 is 1.32 bits per heavy atom. The van der Waals surface area contributed by atoms with Gasteiger partial charge >= 0.3 is 0 Å². The molecule has 0 aliphatic carbocycles. The van der Waals surface area contributed by atoms with Gasteiger partial charge in [-0.3, -0.25) is 9.48 Å². The van der Waals surface area contributed by atoms with E-state index >= 15 is 0 Å². The molecule has 2 aromatic heterocycles. The van der Waals surface area contributed by atoms with Gasteiger partial charge in [-0.05, 0) is 25.1 Å². The lowest BCUT2D eigenvalue weighted by atomic mass is 10.1. The fourth-order valence-electron chi connectivity index (χ4n) is 2.32. The number of hydrogen-bond donors (Lipinski definition) is 1.